The van der Waals surface area contributed by atoms with Gasteiger partial charge in [-0.15, -0.1) is 0 Å². The van der Waals surface area contributed by atoms with E-state index in [1.807, 2.05) is 97.3 Å². The number of carbonyl (C=O) groups excluding carboxylic acids is 2. The first-order valence-corrected chi connectivity index (χ1v) is 40.8. The van der Waals surface area contributed by atoms with Gasteiger partial charge >= 0.3 is 5.97 Å². The van der Waals surface area contributed by atoms with Crippen molar-refractivity contribution < 1.29 is 72.0 Å². The summed E-state index contributed by atoms with van der Waals surface area (Å²) in [7, 11) is 0. The number of amides is 2. The van der Waals surface area contributed by atoms with Crippen molar-refractivity contribution >= 4 is 66.7 Å². The molecular formula is C82H99Br2FN12O14. The third kappa shape index (κ3) is 23.4. The molecule has 9 fully saturated rings. The van der Waals surface area contributed by atoms with Crippen molar-refractivity contribution in [2.75, 3.05) is 120 Å². The van der Waals surface area contributed by atoms with E-state index < -0.39 is 36.2 Å². The smallest absolute Gasteiger partial charge is 0.308 e. The number of carbonyl (C=O) groups is 3. The highest BCUT2D eigenvalue weighted by Crippen LogP contribution is 2.38. The summed E-state index contributed by atoms with van der Waals surface area (Å²) < 4.78 is 59.0. The Balaban J connectivity index is 0.000000128. The molecule has 18 rings (SSSR count). The van der Waals surface area contributed by atoms with Crippen LogP contribution in [0.5, 0.6) is 46.5 Å². The molecule has 2 aromatic carbocycles. The molecule has 5 saturated heterocycles. The molecular weight excluding hydrogens is 1560 g/mol. The van der Waals surface area contributed by atoms with Crippen LogP contribution in [0.4, 0.5) is 21.5 Å². The molecule has 5 N–H and O–H groups in total. The van der Waals surface area contributed by atoms with Crippen LogP contribution in [0.25, 0.3) is 0 Å². The zero-order chi connectivity index (χ0) is 76.6. The number of rotatable bonds is 24. The number of aliphatic hydroxyl groups excluding tert-OH is 2. The number of aliphatic hydroxyl groups is 2. The number of ether oxygens (including phenoxy) is 8. The van der Waals surface area contributed by atoms with Crippen molar-refractivity contribution in [2.24, 2.45) is 17.8 Å². The maximum Gasteiger partial charge on any atom is 0.308 e. The second kappa shape index (κ2) is 38.1. The number of carboxylic acid groups (broad SMARTS) is 1. The lowest BCUT2D eigenvalue weighted by Crippen LogP contribution is -2.48. The number of anilines is 3. The van der Waals surface area contributed by atoms with Gasteiger partial charge in [0.15, 0.2) is 23.0 Å². The lowest BCUT2D eigenvalue weighted by atomic mass is 9.99. The van der Waals surface area contributed by atoms with Crippen LogP contribution in [0.3, 0.4) is 0 Å². The van der Waals surface area contributed by atoms with Gasteiger partial charge in [0.25, 0.3) is 0 Å². The summed E-state index contributed by atoms with van der Waals surface area (Å²) in [5, 5.41) is 38.2. The maximum absolute atomic E-state index is 13.4. The maximum atomic E-state index is 13.4. The zero-order valence-electron chi connectivity index (χ0n) is 62.3. The van der Waals surface area contributed by atoms with E-state index in [1.165, 1.54) is 25.1 Å². The molecule has 5 aromatic heterocycles. The molecule has 2 amide bonds. The summed E-state index contributed by atoms with van der Waals surface area (Å²) >= 11 is 6.43. The number of halogens is 3. The van der Waals surface area contributed by atoms with Crippen LogP contribution in [-0.4, -0.2) is 209 Å². The van der Waals surface area contributed by atoms with Crippen LogP contribution in [0.1, 0.15) is 120 Å². The number of aliphatic carboxylic acids is 1. The first-order valence-electron chi connectivity index (χ1n) is 39.2. The second-order valence-electron chi connectivity index (χ2n) is 30.0. The Labute approximate surface area is 663 Å². The number of hydrogen-bond acceptors (Lipinski definition) is 23. The van der Waals surface area contributed by atoms with Crippen molar-refractivity contribution in [2.45, 2.75) is 145 Å². The number of pyridine rings is 5. The van der Waals surface area contributed by atoms with E-state index in [0.717, 1.165) is 166 Å². The number of aromatic nitrogens is 5. The van der Waals surface area contributed by atoms with E-state index in [4.69, 9.17) is 43.0 Å². The number of fused-ring (bicyclic) bond motifs is 2. The molecule has 7 aromatic rings. The number of hydrogen-bond donors (Lipinski definition) is 5. The van der Waals surface area contributed by atoms with Crippen LogP contribution >= 0.6 is 31.9 Å². The lowest BCUT2D eigenvalue weighted by molar-refractivity contribution is -0.141. The van der Waals surface area contributed by atoms with Gasteiger partial charge in [-0.25, -0.2) is 24.9 Å². The average Bonchev–Trinajstić information content (AvgIpc) is 1.28. The highest BCUT2D eigenvalue weighted by molar-refractivity contribution is 9.10. The average molecular weight is 1660 g/mol. The minimum Gasteiger partial charge on any atom is -0.486 e. The van der Waals surface area contributed by atoms with E-state index in [9.17, 15) is 29.0 Å². The number of benzene rings is 2. The molecule has 26 nitrogen and oxygen atoms in total. The van der Waals surface area contributed by atoms with Crippen LogP contribution in [0.2, 0.25) is 0 Å². The van der Waals surface area contributed by atoms with Crippen molar-refractivity contribution in [3.8, 4) is 46.5 Å². The Hall–Kier alpha value is -8.87. The molecule has 111 heavy (non-hydrogen) atoms. The van der Waals surface area contributed by atoms with E-state index in [2.05, 4.69) is 91.9 Å². The van der Waals surface area contributed by atoms with Gasteiger partial charge in [-0.3, -0.25) is 14.4 Å². The Morgan fingerprint density at radius 3 is 1.09 bits per heavy atom. The number of likely N-dealkylation sites (tertiary alicyclic amines) is 2. The van der Waals surface area contributed by atoms with E-state index in [1.54, 1.807) is 18.5 Å². The Morgan fingerprint density at radius 1 is 0.432 bits per heavy atom. The van der Waals surface area contributed by atoms with Gasteiger partial charge in [0.1, 0.15) is 63.1 Å². The molecule has 12 heterocycles. The fourth-order valence-electron chi connectivity index (χ4n) is 14.2. The van der Waals surface area contributed by atoms with Gasteiger partial charge in [0.05, 0.1) is 65.5 Å². The number of nitrogens with zero attached hydrogens (tertiary/aromatic N) is 10. The van der Waals surface area contributed by atoms with Crippen molar-refractivity contribution in [3.63, 3.8) is 0 Å². The molecule has 11 aliphatic rings. The summed E-state index contributed by atoms with van der Waals surface area (Å²) in [6, 6.07) is 28.6. The lowest BCUT2D eigenvalue weighted by Gasteiger charge is -2.30. The van der Waals surface area contributed by atoms with Crippen LogP contribution in [0, 0.1) is 23.7 Å². The van der Waals surface area contributed by atoms with Gasteiger partial charge < -0.3 is 88.3 Å². The highest BCUT2D eigenvalue weighted by atomic mass is 79.9. The molecule has 0 spiro atoms. The quantitative estimate of drug-likeness (QED) is 0.0351. The van der Waals surface area contributed by atoms with E-state index in [-0.39, 0.29) is 29.6 Å². The molecule has 0 bridgehead atoms. The first-order chi connectivity index (χ1) is 54.1. The molecule has 4 aliphatic carbocycles. The minimum absolute atomic E-state index is 0.00932. The first kappa shape index (κ1) is 78.8. The third-order valence-corrected chi connectivity index (χ3v) is 22.0. The normalized spacial score (nSPS) is 21.4. The summed E-state index contributed by atoms with van der Waals surface area (Å²) in [5.74, 6) is 3.66. The summed E-state index contributed by atoms with van der Waals surface area (Å²) in [6.45, 7) is 11.4. The van der Waals surface area contributed by atoms with Gasteiger partial charge in [-0.05, 0) is 226 Å². The predicted octanol–water partition coefficient (Wildman–Crippen LogP) is 11.0. The molecule has 0 radical (unpaired) electrons. The van der Waals surface area contributed by atoms with Crippen molar-refractivity contribution in [1.82, 2.24) is 45.4 Å². The standard InChI is InChI=1S/2C28H36N4O5.C13H16N2O3.C8H8BrNO.C5H3BrFN/c2*33-27(19-3-7-24-25(15-19)36-14-13-35-24)23(18-31-10-1-2-11-31)30-28(34)20-9-12-32(17-20)21-4-8-26(29-16-21)37-22-5-6-22;16-13(17)9-5-6-15(8-9)10-1-4-12(14-7-10)18-11-2-3-11;9-6-1-4-8(10-5-6)11-7-2-3-7;6-4-1-2-5(7)8-3-4/h2*3-4,7-8,15-16,20,22-23,27,33H,1-2,5-6,9-14,17-18H2,(H,30,34);1,4,7,9,11H,2-3,5-6,8H2,(H,16,17);1,4-5,7H,2-3H2;1-3H/t20-,23+,27+;20-,23-,27-;;;/m01.../s1. The molecule has 7 atom stereocenters. The molecule has 29 heteroatoms. The molecule has 4 saturated carbocycles. The highest BCUT2D eigenvalue weighted by Gasteiger charge is 2.37. The summed E-state index contributed by atoms with van der Waals surface area (Å²) in [4.78, 5) is 69.4. The van der Waals surface area contributed by atoms with Crippen LogP contribution in [0.15, 0.2) is 137 Å². The van der Waals surface area contributed by atoms with Gasteiger partial charge in [-0.1, -0.05) is 12.1 Å². The van der Waals surface area contributed by atoms with E-state index >= 15 is 0 Å². The van der Waals surface area contributed by atoms with Crippen molar-refractivity contribution in [3.05, 3.63) is 154 Å². The van der Waals surface area contributed by atoms with Crippen LogP contribution < -0.4 is 63.2 Å². The topological polar surface area (TPSA) is 290 Å². The monoisotopic (exact) mass is 1650 g/mol. The number of nitrogens with one attached hydrogen (secondary N) is 2. The SMILES string of the molecule is Brc1ccc(OC2CC2)nc1.Fc1ccc(Br)cn1.O=C(N[C@H](CN1CCCC1)[C@H](O)c1ccc2c(c1)OCCO2)[C@@H]1CCN(c2ccc(OC3CC3)nc2)C1.O=C(N[C@H](CN1CCCC1)[C@H](O)c1ccc2c(c1)OCCO2)[C@H]1CCN(c2ccc(OC3CC3)nc2)C1.O=C(O)C1CCN(c2ccc(OC3CC3)nc2)C1. The fourth-order valence-corrected chi connectivity index (χ4v) is 14.7. The number of carboxylic acids is 1. The molecule has 592 valence electrons. The molecule has 1 unspecified atom stereocenters. The van der Waals surface area contributed by atoms with E-state index in [0.29, 0.717) is 131 Å². The Bertz CT molecular complexity index is 3970. The second-order valence-corrected chi connectivity index (χ2v) is 31.9. The summed E-state index contributed by atoms with van der Waals surface area (Å²) in [6.07, 6.45) is 24.2. The fraction of sp³-hybridized carbons (Fsp3) is 0.512. The van der Waals surface area contributed by atoms with Crippen molar-refractivity contribution in [1.29, 1.82) is 0 Å². The van der Waals surface area contributed by atoms with Gasteiger partial charge in [0.2, 0.25) is 41.3 Å². The van der Waals surface area contributed by atoms with Gasteiger partial charge in [0, 0.05) is 98.0 Å². The minimum atomic E-state index is -0.846. The molecule has 7 aliphatic heterocycles. The van der Waals surface area contributed by atoms with Gasteiger partial charge in [-0.2, -0.15) is 4.39 Å². The largest absolute Gasteiger partial charge is 0.486 e. The predicted molar refractivity (Wildman–Crippen MR) is 420 cm³/mol. The van der Waals surface area contributed by atoms with Crippen LogP contribution in [-0.2, 0) is 14.4 Å². The Morgan fingerprint density at radius 2 is 0.775 bits per heavy atom. The Kier molecular flexibility index (Phi) is 27.0. The third-order valence-electron chi connectivity index (χ3n) is 21.1. The summed E-state index contributed by atoms with van der Waals surface area (Å²) in [5.41, 5.74) is 4.43. The zero-order valence-corrected chi connectivity index (χ0v) is 65.5.